The third-order valence-corrected chi connectivity index (χ3v) is 4.27. The van der Waals surface area contributed by atoms with Gasteiger partial charge in [-0.1, -0.05) is 30.3 Å². The molecular formula is C19H20FNO3. The Morgan fingerprint density at radius 1 is 1.17 bits per heavy atom. The first-order valence-corrected chi connectivity index (χ1v) is 8.00. The van der Waals surface area contributed by atoms with Crippen molar-refractivity contribution in [2.24, 2.45) is 0 Å². The lowest BCUT2D eigenvalue weighted by molar-refractivity contribution is -0.124. The van der Waals surface area contributed by atoms with Gasteiger partial charge in [-0.3, -0.25) is 4.79 Å². The number of hydrogen-bond donors (Lipinski definition) is 2. The van der Waals surface area contributed by atoms with E-state index in [1.165, 1.54) is 24.3 Å². The van der Waals surface area contributed by atoms with Crippen LogP contribution in [0.4, 0.5) is 4.39 Å². The van der Waals surface area contributed by atoms with Gasteiger partial charge in [-0.25, -0.2) is 4.39 Å². The Labute approximate surface area is 140 Å². The largest absolute Gasteiger partial charge is 0.491 e. The molecule has 3 rings (SSSR count). The first kappa shape index (κ1) is 16.5. The molecule has 5 heteroatoms. The van der Waals surface area contributed by atoms with E-state index in [4.69, 9.17) is 4.74 Å². The predicted octanol–water partition coefficient (Wildman–Crippen LogP) is 2.41. The Bertz CT molecular complexity index is 684. The molecule has 0 spiro atoms. The van der Waals surface area contributed by atoms with Gasteiger partial charge in [0.1, 0.15) is 24.3 Å². The third-order valence-electron chi connectivity index (χ3n) is 4.27. The summed E-state index contributed by atoms with van der Waals surface area (Å²) in [4.78, 5) is 12.4. The maximum absolute atomic E-state index is 12.8. The highest BCUT2D eigenvalue weighted by Gasteiger charge is 2.51. The van der Waals surface area contributed by atoms with Crippen molar-refractivity contribution in [1.82, 2.24) is 5.32 Å². The highest BCUT2D eigenvalue weighted by Crippen LogP contribution is 2.48. The molecule has 1 aliphatic rings. The molecule has 2 aromatic rings. The van der Waals surface area contributed by atoms with Gasteiger partial charge in [0.05, 0.1) is 5.41 Å². The third kappa shape index (κ3) is 3.74. The van der Waals surface area contributed by atoms with Crippen LogP contribution in [-0.4, -0.2) is 30.3 Å². The first-order chi connectivity index (χ1) is 11.6. The second-order valence-corrected chi connectivity index (χ2v) is 6.08. The molecular weight excluding hydrogens is 309 g/mol. The normalized spacial score (nSPS) is 16.2. The fourth-order valence-electron chi connectivity index (χ4n) is 2.69. The number of aliphatic hydroxyl groups is 1. The molecule has 0 aliphatic heterocycles. The molecule has 0 saturated heterocycles. The van der Waals surface area contributed by atoms with Crippen molar-refractivity contribution >= 4 is 5.91 Å². The lowest BCUT2D eigenvalue weighted by Crippen LogP contribution is -2.40. The van der Waals surface area contributed by atoms with E-state index in [0.29, 0.717) is 5.75 Å². The molecule has 1 unspecified atom stereocenters. The van der Waals surface area contributed by atoms with Crippen molar-refractivity contribution < 1.29 is 19.0 Å². The molecule has 1 fully saturated rings. The van der Waals surface area contributed by atoms with Crippen LogP contribution < -0.4 is 10.1 Å². The number of amides is 1. The van der Waals surface area contributed by atoms with E-state index in [-0.39, 0.29) is 24.9 Å². The minimum Gasteiger partial charge on any atom is -0.491 e. The molecule has 0 aromatic heterocycles. The molecule has 1 atom stereocenters. The number of aliphatic hydroxyl groups excluding tert-OH is 1. The lowest BCUT2D eigenvalue weighted by atomic mass is 9.95. The van der Waals surface area contributed by atoms with Crippen LogP contribution in [0.5, 0.6) is 5.75 Å². The standard InChI is InChI=1S/C19H20FNO3/c20-15-6-8-17(9-7-15)24-13-16(22)12-21-18(23)19(10-11-19)14-4-2-1-3-5-14/h1-9,16,22H,10-13H2,(H,21,23). The highest BCUT2D eigenvalue weighted by molar-refractivity contribution is 5.91. The van der Waals surface area contributed by atoms with Crippen LogP contribution in [0.15, 0.2) is 54.6 Å². The molecule has 126 valence electrons. The van der Waals surface area contributed by atoms with Crippen LogP contribution in [0.3, 0.4) is 0 Å². The summed E-state index contributed by atoms with van der Waals surface area (Å²) in [6, 6.07) is 15.3. The summed E-state index contributed by atoms with van der Waals surface area (Å²) < 4.78 is 18.2. The van der Waals surface area contributed by atoms with Crippen molar-refractivity contribution in [2.75, 3.05) is 13.2 Å². The summed E-state index contributed by atoms with van der Waals surface area (Å²) in [5.41, 5.74) is 0.568. The van der Waals surface area contributed by atoms with Gasteiger partial charge in [-0.15, -0.1) is 0 Å². The Morgan fingerprint density at radius 2 is 1.83 bits per heavy atom. The SMILES string of the molecule is O=C(NCC(O)COc1ccc(F)cc1)C1(c2ccccc2)CC1. The van der Waals surface area contributed by atoms with Gasteiger partial charge in [-0.2, -0.15) is 0 Å². The maximum Gasteiger partial charge on any atom is 0.230 e. The molecule has 2 N–H and O–H groups in total. The van der Waals surface area contributed by atoms with E-state index in [1.54, 1.807) is 0 Å². The fourth-order valence-corrected chi connectivity index (χ4v) is 2.69. The summed E-state index contributed by atoms with van der Waals surface area (Å²) in [5, 5.41) is 12.8. The van der Waals surface area contributed by atoms with Crippen LogP contribution in [0.2, 0.25) is 0 Å². The van der Waals surface area contributed by atoms with Gasteiger partial charge < -0.3 is 15.2 Å². The Kier molecular flexibility index (Phi) is 4.81. The highest BCUT2D eigenvalue weighted by atomic mass is 19.1. The number of carbonyl (C=O) groups is 1. The molecule has 4 nitrogen and oxygen atoms in total. The van der Waals surface area contributed by atoms with Gasteiger partial charge in [0.2, 0.25) is 5.91 Å². The zero-order valence-electron chi connectivity index (χ0n) is 13.2. The van der Waals surface area contributed by atoms with E-state index in [1.807, 2.05) is 30.3 Å². The van der Waals surface area contributed by atoms with Gasteiger partial charge in [0.25, 0.3) is 0 Å². The molecule has 0 heterocycles. The number of rotatable bonds is 7. The molecule has 1 saturated carbocycles. The lowest BCUT2D eigenvalue weighted by Gasteiger charge is -2.18. The fraction of sp³-hybridized carbons (Fsp3) is 0.316. The molecule has 0 bridgehead atoms. The van der Waals surface area contributed by atoms with Crippen molar-refractivity contribution in [3.63, 3.8) is 0 Å². The Hall–Kier alpha value is -2.40. The van der Waals surface area contributed by atoms with E-state index < -0.39 is 11.5 Å². The van der Waals surface area contributed by atoms with Gasteiger partial charge in [-0.05, 0) is 42.7 Å². The zero-order chi connectivity index (χ0) is 17.0. The molecule has 2 aromatic carbocycles. The van der Waals surface area contributed by atoms with Gasteiger partial charge in [0, 0.05) is 6.54 Å². The number of carbonyl (C=O) groups excluding carboxylic acids is 1. The van der Waals surface area contributed by atoms with E-state index in [2.05, 4.69) is 5.32 Å². The van der Waals surface area contributed by atoms with Crippen molar-refractivity contribution in [3.8, 4) is 5.75 Å². The second kappa shape index (κ2) is 7.01. The van der Waals surface area contributed by atoms with Crippen LogP contribution in [0, 0.1) is 5.82 Å². The van der Waals surface area contributed by atoms with Crippen molar-refractivity contribution in [1.29, 1.82) is 0 Å². The molecule has 1 aliphatic carbocycles. The molecule has 24 heavy (non-hydrogen) atoms. The average molecular weight is 329 g/mol. The molecule has 0 radical (unpaired) electrons. The minimum absolute atomic E-state index is 0.0320. The van der Waals surface area contributed by atoms with E-state index in [0.717, 1.165) is 18.4 Å². The monoisotopic (exact) mass is 329 g/mol. The Balaban J connectivity index is 1.47. The molecule has 1 amide bonds. The minimum atomic E-state index is -0.828. The second-order valence-electron chi connectivity index (χ2n) is 6.08. The smallest absolute Gasteiger partial charge is 0.230 e. The van der Waals surface area contributed by atoms with Crippen LogP contribution >= 0.6 is 0 Å². The number of hydrogen-bond acceptors (Lipinski definition) is 3. The number of halogens is 1. The summed E-state index contributed by atoms with van der Waals surface area (Å²) in [6.45, 7) is 0.152. The number of nitrogens with one attached hydrogen (secondary N) is 1. The van der Waals surface area contributed by atoms with Crippen LogP contribution in [0.1, 0.15) is 18.4 Å². The predicted molar refractivity (Wildman–Crippen MR) is 88.3 cm³/mol. The quantitative estimate of drug-likeness (QED) is 0.820. The van der Waals surface area contributed by atoms with Gasteiger partial charge >= 0.3 is 0 Å². The van der Waals surface area contributed by atoms with Crippen molar-refractivity contribution in [2.45, 2.75) is 24.4 Å². The number of benzene rings is 2. The van der Waals surface area contributed by atoms with Crippen LogP contribution in [-0.2, 0) is 10.2 Å². The maximum atomic E-state index is 12.8. The first-order valence-electron chi connectivity index (χ1n) is 8.00. The van der Waals surface area contributed by atoms with Crippen molar-refractivity contribution in [3.05, 3.63) is 66.0 Å². The average Bonchev–Trinajstić information content (AvgIpc) is 3.42. The summed E-state index contributed by atoms with van der Waals surface area (Å²) in [5.74, 6) is 0.0741. The van der Waals surface area contributed by atoms with Gasteiger partial charge in [0.15, 0.2) is 0 Å². The number of ether oxygens (including phenoxy) is 1. The topological polar surface area (TPSA) is 58.6 Å². The summed E-state index contributed by atoms with van der Waals surface area (Å²) >= 11 is 0. The Morgan fingerprint density at radius 3 is 2.46 bits per heavy atom. The summed E-state index contributed by atoms with van der Waals surface area (Å²) in [7, 11) is 0. The van der Waals surface area contributed by atoms with E-state index in [9.17, 15) is 14.3 Å². The zero-order valence-corrected chi connectivity index (χ0v) is 13.2. The van der Waals surface area contributed by atoms with E-state index >= 15 is 0 Å². The summed E-state index contributed by atoms with van der Waals surface area (Å²) in [6.07, 6.45) is 0.821. The van der Waals surface area contributed by atoms with Crippen LogP contribution in [0.25, 0.3) is 0 Å².